The highest BCUT2D eigenvalue weighted by molar-refractivity contribution is 6.03. The second-order valence-corrected chi connectivity index (χ2v) is 9.99. The number of allylic oxidation sites excluding steroid dienone is 1. The van der Waals surface area contributed by atoms with Gasteiger partial charge in [0.1, 0.15) is 5.78 Å². The van der Waals surface area contributed by atoms with E-state index in [9.17, 15) is 9.90 Å². The van der Waals surface area contributed by atoms with Crippen molar-refractivity contribution in [1.29, 1.82) is 0 Å². The minimum absolute atomic E-state index is 0.175. The van der Waals surface area contributed by atoms with Crippen LogP contribution in [0.1, 0.15) is 62.6 Å². The minimum Gasteiger partial charge on any atom is -0.384 e. The van der Waals surface area contributed by atoms with E-state index in [1.165, 1.54) is 22.3 Å². The minimum atomic E-state index is -0.979. The Morgan fingerprint density at radius 2 is 1.66 bits per heavy atom. The third-order valence-corrected chi connectivity index (χ3v) is 9.16. The summed E-state index contributed by atoms with van der Waals surface area (Å²) < 4.78 is 0. The van der Waals surface area contributed by atoms with Crippen molar-refractivity contribution in [1.82, 2.24) is 0 Å². The molecule has 2 heteroatoms. The topological polar surface area (TPSA) is 37.3 Å². The van der Waals surface area contributed by atoms with Crippen molar-refractivity contribution in [2.45, 2.75) is 57.0 Å². The van der Waals surface area contributed by atoms with Gasteiger partial charge in [-0.2, -0.15) is 0 Å². The van der Waals surface area contributed by atoms with Gasteiger partial charge in [-0.25, -0.2) is 0 Å². The van der Waals surface area contributed by atoms with Gasteiger partial charge in [0.05, 0.1) is 11.0 Å². The quantitative estimate of drug-likeness (QED) is 0.740. The standard InChI is InChI=1S/C27H28O2/c1-4-5-11-18-16-26(29)21-19-14-9-10-15-20(19)27(17-12-7-6-8-13-17)22(25(26,27)3)23(28)24(18,21)2/h6-10,12-16,21-22,29H,4-5,11H2,1-3H3/t21-,22-,24+,25+,26+,27+/m1/s1. The average molecular weight is 385 g/mol. The molecule has 0 unspecified atom stereocenters. The number of carbonyl (C=O) groups is 1. The molecule has 0 aliphatic heterocycles. The second kappa shape index (κ2) is 5.10. The molecule has 0 saturated heterocycles. The number of unbranched alkanes of at least 4 members (excludes halogenated alkanes) is 1. The van der Waals surface area contributed by atoms with E-state index >= 15 is 0 Å². The summed E-state index contributed by atoms with van der Waals surface area (Å²) in [6.07, 6.45) is 5.19. The molecule has 29 heavy (non-hydrogen) atoms. The Morgan fingerprint density at radius 3 is 2.38 bits per heavy atom. The van der Waals surface area contributed by atoms with Gasteiger partial charge in [-0.3, -0.25) is 4.79 Å². The van der Waals surface area contributed by atoms with Crippen LogP contribution in [0.5, 0.6) is 0 Å². The molecule has 0 heterocycles. The Labute approximate surface area is 172 Å². The highest BCUT2D eigenvalue weighted by Gasteiger charge is 2.93. The van der Waals surface area contributed by atoms with E-state index in [1.807, 2.05) is 6.07 Å². The predicted molar refractivity (Wildman–Crippen MR) is 114 cm³/mol. The highest BCUT2D eigenvalue weighted by atomic mass is 16.3. The predicted octanol–water partition coefficient (Wildman–Crippen LogP) is 5.16. The van der Waals surface area contributed by atoms with Crippen LogP contribution in [0.4, 0.5) is 0 Å². The molecule has 6 rings (SSSR count). The van der Waals surface area contributed by atoms with Crippen molar-refractivity contribution in [3.63, 3.8) is 0 Å². The molecule has 4 aliphatic carbocycles. The molecule has 148 valence electrons. The monoisotopic (exact) mass is 384 g/mol. The SMILES string of the molecule is CCCCC1=C[C@]2(O)[C@@H]3c4ccccc4[C@@]4(c5ccccc5)[C@H](C(=O)[C@@]13C)[C@]42C. The third kappa shape index (κ3) is 1.53. The van der Waals surface area contributed by atoms with E-state index in [1.54, 1.807) is 0 Å². The second-order valence-electron chi connectivity index (χ2n) is 9.99. The smallest absolute Gasteiger partial charge is 0.148 e. The number of rotatable bonds is 4. The maximum absolute atomic E-state index is 14.2. The molecule has 0 aromatic heterocycles. The average Bonchev–Trinajstić information content (AvgIpc) is 3.28. The zero-order chi connectivity index (χ0) is 20.2. The van der Waals surface area contributed by atoms with Crippen molar-refractivity contribution in [3.8, 4) is 0 Å². The molecule has 0 spiro atoms. The Bertz CT molecular complexity index is 1080. The van der Waals surface area contributed by atoms with E-state index in [-0.39, 0.29) is 11.8 Å². The van der Waals surface area contributed by atoms with E-state index < -0.39 is 21.8 Å². The fourth-order valence-corrected chi connectivity index (χ4v) is 7.91. The summed E-state index contributed by atoms with van der Waals surface area (Å²) in [5.41, 5.74) is 2.27. The van der Waals surface area contributed by atoms with Gasteiger partial charge in [-0.1, -0.05) is 86.5 Å². The molecule has 0 amide bonds. The summed E-state index contributed by atoms with van der Waals surface area (Å²) >= 11 is 0. The van der Waals surface area contributed by atoms with E-state index in [4.69, 9.17) is 0 Å². The van der Waals surface area contributed by atoms with Crippen LogP contribution in [0.3, 0.4) is 0 Å². The molecule has 1 N–H and O–H groups in total. The Morgan fingerprint density at radius 1 is 0.966 bits per heavy atom. The van der Waals surface area contributed by atoms with Gasteiger partial charge < -0.3 is 5.11 Å². The van der Waals surface area contributed by atoms with Crippen molar-refractivity contribution in [2.75, 3.05) is 0 Å². The first-order valence-corrected chi connectivity index (χ1v) is 11.0. The number of hydrogen-bond donors (Lipinski definition) is 1. The zero-order valence-electron chi connectivity index (χ0n) is 17.4. The molecular formula is C27H28O2. The number of Topliss-reactive ketones (excluding diaryl/α,β-unsaturated/α-hetero) is 1. The van der Waals surface area contributed by atoms with Crippen molar-refractivity contribution in [2.24, 2.45) is 16.7 Å². The van der Waals surface area contributed by atoms with Crippen LogP contribution in [-0.4, -0.2) is 16.5 Å². The first-order chi connectivity index (χ1) is 13.9. The van der Waals surface area contributed by atoms with E-state index in [0.717, 1.165) is 19.3 Å². The summed E-state index contributed by atoms with van der Waals surface area (Å²) in [6, 6.07) is 19.0. The zero-order valence-corrected chi connectivity index (χ0v) is 17.4. The Balaban J connectivity index is 1.71. The number of benzene rings is 2. The van der Waals surface area contributed by atoms with Gasteiger partial charge in [0.25, 0.3) is 0 Å². The lowest BCUT2D eigenvalue weighted by Gasteiger charge is -2.50. The molecule has 2 aromatic carbocycles. The first kappa shape index (κ1) is 17.7. The summed E-state index contributed by atoms with van der Waals surface area (Å²) in [7, 11) is 0. The van der Waals surface area contributed by atoms with Gasteiger partial charge in [-0.15, -0.1) is 0 Å². The van der Waals surface area contributed by atoms with Crippen molar-refractivity contribution >= 4 is 5.78 Å². The van der Waals surface area contributed by atoms with Gasteiger partial charge in [0.15, 0.2) is 0 Å². The molecule has 4 bridgehead atoms. The first-order valence-electron chi connectivity index (χ1n) is 11.0. The number of aliphatic hydroxyl groups is 1. The Kier molecular flexibility index (Phi) is 3.10. The van der Waals surface area contributed by atoms with Crippen LogP contribution in [0, 0.1) is 16.7 Å². The summed E-state index contributed by atoms with van der Waals surface area (Å²) in [4.78, 5) is 14.2. The molecule has 2 nitrogen and oxygen atoms in total. The lowest BCUT2D eigenvalue weighted by Crippen LogP contribution is -2.55. The van der Waals surface area contributed by atoms with E-state index in [0.29, 0.717) is 5.78 Å². The maximum atomic E-state index is 14.2. The number of fused-ring (bicyclic) bond motifs is 3. The maximum Gasteiger partial charge on any atom is 0.148 e. The van der Waals surface area contributed by atoms with Gasteiger partial charge in [-0.05, 0) is 36.5 Å². The lowest BCUT2D eigenvalue weighted by atomic mass is 9.54. The molecular weight excluding hydrogens is 356 g/mol. The molecule has 4 aliphatic rings. The summed E-state index contributed by atoms with van der Waals surface area (Å²) in [5.74, 6) is -0.0107. The lowest BCUT2D eigenvalue weighted by molar-refractivity contribution is -0.140. The van der Waals surface area contributed by atoms with Crippen LogP contribution in [0.15, 0.2) is 66.2 Å². The van der Waals surface area contributed by atoms with Gasteiger partial charge >= 0.3 is 0 Å². The third-order valence-electron chi connectivity index (χ3n) is 9.16. The molecule has 0 radical (unpaired) electrons. The highest BCUT2D eigenvalue weighted by Crippen LogP contribution is 2.89. The van der Waals surface area contributed by atoms with Crippen LogP contribution in [0.25, 0.3) is 0 Å². The Hall–Kier alpha value is -2.19. The van der Waals surface area contributed by atoms with Crippen LogP contribution >= 0.6 is 0 Å². The molecule has 6 atom stereocenters. The molecule has 2 saturated carbocycles. The number of carbonyl (C=O) groups excluding carboxylic acids is 1. The summed E-state index contributed by atoms with van der Waals surface area (Å²) in [5, 5.41) is 12.4. The van der Waals surface area contributed by atoms with E-state index in [2.05, 4.69) is 75.4 Å². The molecule has 2 aromatic rings. The van der Waals surface area contributed by atoms with Crippen molar-refractivity contribution < 1.29 is 9.90 Å². The number of hydrogen-bond acceptors (Lipinski definition) is 2. The van der Waals surface area contributed by atoms with Crippen LogP contribution in [-0.2, 0) is 10.2 Å². The van der Waals surface area contributed by atoms with Crippen molar-refractivity contribution in [3.05, 3.63) is 82.9 Å². The number of ketones is 1. The fraction of sp³-hybridized carbons (Fsp3) is 0.444. The fourth-order valence-electron chi connectivity index (χ4n) is 7.91. The van der Waals surface area contributed by atoms with Crippen LogP contribution in [0.2, 0.25) is 0 Å². The molecule has 2 fully saturated rings. The normalized spacial score (nSPS) is 43.0. The summed E-state index contributed by atoms with van der Waals surface area (Å²) in [6.45, 7) is 6.48. The largest absolute Gasteiger partial charge is 0.384 e. The van der Waals surface area contributed by atoms with Gasteiger partial charge in [0, 0.05) is 22.7 Å². The van der Waals surface area contributed by atoms with Crippen LogP contribution < -0.4 is 0 Å². The van der Waals surface area contributed by atoms with Gasteiger partial charge in [0.2, 0.25) is 0 Å².